The summed E-state index contributed by atoms with van der Waals surface area (Å²) in [6.45, 7) is 11.5. The molecule has 2 heterocycles. The van der Waals surface area contributed by atoms with Gasteiger partial charge in [0.15, 0.2) is 0 Å². The van der Waals surface area contributed by atoms with Crippen LogP contribution in [0.2, 0.25) is 0 Å². The lowest BCUT2D eigenvalue weighted by Gasteiger charge is -2.37. The summed E-state index contributed by atoms with van der Waals surface area (Å²) in [5, 5.41) is 0. The van der Waals surface area contributed by atoms with E-state index < -0.39 is 0 Å². The number of ketones is 1. The summed E-state index contributed by atoms with van der Waals surface area (Å²) in [7, 11) is 0. The third-order valence-corrected chi connectivity index (χ3v) is 4.37. The molecule has 0 aromatic carbocycles. The van der Waals surface area contributed by atoms with Crippen LogP contribution in [0, 0.1) is 0 Å². The molecule has 2 fully saturated rings. The van der Waals surface area contributed by atoms with Crippen molar-refractivity contribution in [2.24, 2.45) is 0 Å². The van der Waals surface area contributed by atoms with Gasteiger partial charge in [-0.2, -0.15) is 0 Å². The van der Waals surface area contributed by atoms with Gasteiger partial charge < -0.3 is 4.74 Å². The maximum Gasteiger partial charge on any atom is 0.131 e. The highest BCUT2D eigenvalue weighted by Gasteiger charge is 2.50. The van der Waals surface area contributed by atoms with E-state index in [-0.39, 0.29) is 11.2 Å². The molecule has 2 atom stereocenters. The predicted octanol–water partition coefficient (Wildman–Crippen LogP) is 2.78. The largest absolute Gasteiger partial charge is 0.368 e. The predicted molar refractivity (Wildman–Crippen MR) is 72.7 cm³/mol. The van der Waals surface area contributed by atoms with Gasteiger partial charge in [-0.3, -0.25) is 9.69 Å². The van der Waals surface area contributed by atoms with Crippen molar-refractivity contribution in [2.75, 3.05) is 6.54 Å². The molecule has 0 bridgehead atoms. The minimum atomic E-state index is -0.108. The van der Waals surface area contributed by atoms with E-state index in [9.17, 15) is 4.79 Å². The van der Waals surface area contributed by atoms with Gasteiger partial charge in [0.2, 0.25) is 0 Å². The van der Waals surface area contributed by atoms with Gasteiger partial charge in [0, 0.05) is 18.5 Å². The van der Waals surface area contributed by atoms with Crippen LogP contribution in [0.3, 0.4) is 0 Å². The number of likely N-dealkylation sites (tertiary alicyclic amines) is 1. The molecule has 104 valence electrons. The lowest BCUT2D eigenvalue weighted by molar-refractivity contribution is -0.118. The average Bonchev–Trinajstić information content (AvgIpc) is 2.66. The Morgan fingerprint density at radius 3 is 2.50 bits per heavy atom. The Kier molecular flexibility index (Phi) is 3.58. The minimum Gasteiger partial charge on any atom is -0.368 e. The molecule has 3 heteroatoms. The van der Waals surface area contributed by atoms with Crippen molar-refractivity contribution in [1.82, 2.24) is 4.90 Å². The van der Waals surface area contributed by atoms with Crippen LogP contribution in [-0.2, 0) is 9.53 Å². The van der Waals surface area contributed by atoms with Gasteiger partial charge in [0.05, 0.1) is 11.2 Å². The Morgan fingerprint density at radius 2 is 2.00 bits per heavy atom. The van der Waals surface area contributed by atoms with Crippen LogP contribution < -0.4 is 0 Å². The van der Waals surface area contributed by atoms with E-state index in [0.717, 1.165) is 19.4 Å². The Balaban J connectivity index is 2.13. The summed E-state index contributed by atoms with van der Waals surface area (Å²) in [5.41, 5.74) is -0.152. The number of ether oxygens (including phenoxy) is 1. The minimum absolute atomic E-state index is 0.0441. The summed E-state index contributed by atoms with van der Waals surface area (Å²) in [6.07, 6.45) is 4.14. The smallest absolute Gasteiger partial charge is 0.131 e. The van der Waals surface area contributed by atoms with Gasteiger partial charge in [-0.05, 0) is 60.4 Å². The number of carbonyl (C=O) groups is 1. The summed E-state index contributed by atoms with van der Waals surface area (Å²) < 4.78 is 6.19. The third kappa shape index (κ3) is 2.77. The molecule has 0 N–H and O–H groups in total. The Bertz CT molecular complexity index is 335. The fourth-order valence-corrected chi connectivity index (χ4v) is 3.87. The molecule has 3 nitrogen and oxygen atoms in total. The fourth-order valence-electron chi connectivity index (χ4n) is 3.87. The molecule has 0 saturated carbocycles. The molecule has 2 aliphatic heterocycles. The van der Waals surface area contributed by atoms with Crippen molar-refractivity contribution < 1.29 is 9.53 Å². The maximum absolute atomic E-state index is 11.4. The highest BCUT2D eigenvalue weighted by Crippen LogP contribution is 2.42. The quantitative estimate of drug-likeness (QED) is 0.774. The molecular formula is C15H27NO2. The van der Waals surface area contributed by atoms with E-state index in [4.69, 9.17) is 4.74 Å². The number of rotatable bonds is 3. The lowest BCUT2D eigenvalue weighted by Crippen LogP contribution is -2.49. The van der Waals surface area contributed by atoms with Gasteiger partial charge in [0.25, 0.3) is 0 Å². The fraction of sp³-hybridized carbons (Fsp3) is 0.933. The number of hydrogen-bond acceptors (Lipinski definition) is 3. The molecule has 2 rings (SSSR count). The van der Waals surface area contributed by atoms with E-state index >= 15 is 0 Å². The molecule has 0 spiro atoms. The summed E-state index contributed by atoms with van der Waals surface area (Å²) >= 11 is 0. The van der Waals surface area contributed by atoms with Crippen LogP contribution in [0.15, 0.2) is 0 Å². The monoisotopic (exact) mass is 253 g/mol. The topological polar surface area (TPSA) is 29.5 Å². The van der Waals surface area contributed by atoms with E-state index in [0.29, 0.717) is 24.3 Å². The summed E-state index contributed by atoms with van der Waals surface area (Å²) in [4.78, 5) is 13.9. The van der Waals surface area contributed by atoms with Crippen molar-refractivity contribution in [3.63, 3.8) is 0 Å². The number of hydrogen-bond donors (Lipinski definition) is 0. The van der Waals surface area contributed by atoms with E-state index in [1.54, 1.807) is 6.92 Å². The second kappa shape index (κ2) is 4.61. The molecule has 0 amide bonds. The Hall–Kier alpha value is -0.410. The van der Waals surface area contributed by atoms with Crippen molar-refractivity contribution in [2.45, 2.75) is 83.6 Å². The van der Waals surface area contributed by atoms with Gasteiger partial charge in [-0.15, -0.1) is 0 Å². The van der Waals surface area contributed by atoms with E-state index in [1.807, 2.05) is 0 Å². The van der Waals surface area contributed by atoms with Crippen LogP contribution >= 0.6 is 0 Å². The molecule has 0 aliphatic carbocycles. The standard InChI is InChI=1S/C15H27NO2/c1-11(17)9-12-7-6-8-16(12)13-10-14(2,3)18-15(13,4)5/h12-13H,6-10H2,1-5H3. The van der Waals surface area contributed by atoms with Crippen molar-refractivity contribution >= 4 is 5.78 Å². The molecule has 2 unspecified atom stereocenters. The Labute approximate surface area is 111 Å². The van der Waals surface area contributed by atoms with Gasteiger partial charge >= 0.3 is 0 Å². The second-order valence-electron chi connectivity index (χ2n) is 7.13. The zero-order chi connectivity index (χ0) is 13.6. The summed E-state index contributed by atoms with van der Waals surface area (Å²) in [5.74, 6) is 0.308. The average molecular weight is 253 g/mol. The van der Waals surface area contributed by atoms with Crippen molar-refractivity contribution in [3.05, 3.63) is 0 Å². The third-order valence-electron chi connectivity index (χ3n) is 4.37. The molecule has 0 radical (unpaired) electrons. The molecule has 2 aliphatic rings. The number of nitrogens with zero attached hydrogens (tertiary/aromatic N) is 1. The van der Waals surface area contributed by atoms with Gasteiger partial charge in [-0.1, -0.05) is 0 Å². The molecule has 0 aromatic rings. The van der Waals surface area contributed by atoms with Gasteiger partial charge in [0.1, 0.15) is 5.78 Å². The van der Waals surface area contributed by atoms with Crippen LogP contribution in [-0.4, -0.2) is 40.5 Å². The van der Waals surface area contributed by atoms with Crippen LogP contribution in [0.1, 0.15) is 60.3 Å². The first-order valence-corrected chi connectivity index (χ1v) is 7.17. The van der Waals surface area contributed by atoms with Crippen LogP contribution in [0.5, 0.6) is 0 Å². The molecule has 2 saturated heterocycles. The molecule has 18 heavy (non-hydrogen) atoms. The zero-order valence-corrected chi connectivity index (χ0v) is 12.5. The number of carbonyl (C=O) groups excluding carboxylic acids is 1. The highest BCUT2D eigenvalue weighted by molar-refractivity contribution is 5.76. The maximum atomic E-state index is 11.4. The van der Waals surface area contributed by atoms with E-state index in [1.165, 1.54) is 6.42 Å². The molecule has 0 aromatic heterocycles. The van der Waals surface area contributed by atoms with Crippen molar-refractivity contribution in [1.29, 1.82) is 0 Å². The normalized spacial score (nSPS) is 34.9. The highest BCUT2D eigenvalue weighted by atomic mass is 16.5. The second-order valence-corrected chi connectivity index (χ2v) is 7.13. The van der Waals surface area contributed by atoms with Gasteiger partial charge in [-0.25, -0.2) is 0 Å². The summed E-state index contributed by atoms with van der Waals surface area (Å²) in [6, 6.07) is 0.878. The first kappa shape index (κ1) is 14.0. The first-order chi connectivity index (χ1) is 8.21. The van der Waals surface area contributed by atoms with E-state index in [2.05, 4.69) is 32.6 Å². The van der Waals surface area contributed by atoms with Crippen LogP contribution in [0.25, 0.3) is 0 Å². The zero-order valence-electron chi connectivity index (χ0n) is 12.5. The lowest BCUT2D eigenvalue weighted by atomic mass is 9.92. The van der Waals surface area contributed by atoms with Crippen LogP contribution in [0.4, 0.5) is 0 Å². The van der Waals surface area contributed by atoms with Crippen molar-refractivity contribution in [3.8, 4) is 0 Å². The number of Topliss-reactive ketones (excluding diaryl/α,β-unsaturated/α-hetero) is 1. The molecular weight excluding hydrogens is 226 g/mol. The first-order valence-electron chi connectivity index (χ1n) is 7.17. The Morgan fingerprint density at radius 1 is 1.33 bits per heavy atom. The SMILES string of the molecule is CC(=O)CC1CCCN1C1CC(C)(C)OC1(C)C.